The molecule has 2 aromatic carbocycles. The van der Waals surface area contributed by atoms with E-state index in [0.717, 1.165) is 22.4 Å². The standard InChI is InChI=1S/C16H16N2O/c1-18(2)16-17-14-8-6-12-9-11(10-3-4-10)5-7-13(12)15(14)19-16/h5-10H,3-4H2,1-2H3. The SMILES string of the molecule is CN(C)c1nc2ccc3cc(C4CC4)ccc3c2o1. The third kappa shape index (κ3) is 1.69. The topological polar surface area (TPSA) is 29.3 Å². The first-order chi connectivity index (χ1) is 9.22. The van der Waals surface area contributed by atoms with Crippen molar-refractivity contribution in [3.8, 4) is 0 Å². The van der Waals surface area contributed by atoms with Crippen molar-refractivity contribution in [2.45, 2.75) is 18.8 Å². The van der Waals surface area contributed by atoms with Gasteiger partial charge in [-0.25, -0.2) is 0 Å². The Morgan fingerprint density at radius 3 is 2.74 bits per heavy atom. The Balaban J connectivity index is 1.96. The van der Waals surface area contributed by atoms with Gasteiger partial charge in [-0.15, -0.1) is 0 Å². The number of fused-ring (bicyclic) bond motifs is 3. The van der Waals surface area contributed by atoms with Crippen LogP contribution in [0.5, 0.6) is 0 Å². The number of benzene rings is 2. The molecule has 0 radical (unpaired) electrons. The first kappa shape index (κ1) is 10.9. The molecule has 0 saturated heterocycles. The van der Waals surface area contributed by atoms with E-state index < -0.39 is 0 Å². The number of nitrogens with zero attached hydrogens (tertiary/aromatic N) is 2. The van der Waals surface area contributed by atoms with Crippen LogP contribution in [-0.2, 0) is 0 Å². The Morgan fingerprint density at radius 2 is 2.00 bits per heavy atom. The normalized spacial score (nSPS) is 15.3. The number of anilines is 1. The molecule has 0 atom stereocenters. The zero-order valence-electron chi connectivity index (χ0n) is 11.2. The average Bonchev–Trinajstić information content (AvgIpc) is 3.16. The predicted molar refractivity (Wildman–Crippen MR) is 77.8 cm³/mol. The molecule has 1 heterocycles. The smallest absolute Gasteiger partial charge is 0.297 e. The number of aromatic nitrogens is 1. The maximum absolute atomic E-state index is 5.87. The molecule has 3 aromatic rings. The zero-order valence-corrected chi connectivity index (χ0v) is 11.2. The molecule has 1 saturated carbocycles. The van der Waals surface area contributed by atoms with Crippen LogP contribution in [0, 0.1) is 0 Å². The maximum Gasteiger partial charge on any atom is 0.297 e. The highest BCUT2D eigenvalue weighted by Crippen LogP contribution is 2.41. The highest BCUT2D eigenvalue weighted by atomic mass is 16.4. The second kappa shape index (κ2) is 3.73. The Labute approximate surface area is 111 Å². The van der Waals surface area contributed by atoms with Crippen LogP contribution < -0.4 is 4.90 Å². The molecule has 0 unspecified atom stereocenters. The van der Waals surface area contributed by atoms with Crippen molar-refractivity contribution in [2.24, 2.45) is 0 Å². The van der Waals surface area contributed by atoms with E-state index in [1.165, 1.54) is 23.8 Å². The van der Waals surface area contributed by atoms with Gasteiger partial charge in [0.2, 0.25) is 0 Å². The van der Waals surface area contributed by atoms with E-state index in [0.29, 0.717) is 6.01 Å². The fourth-order valence-corrected chi connectivity index (χ4v) is 2.58. The average molecular weight is 252 g/mol. The molecule has 0 aliphatic heterocycles. The van der Waals surface area contributed by atoms with Gasteiger partial charge in [0.15, 0.2) is 5.58 Å². The molecule has 4 rings (SSSR count). The van der Waals surface area contributed by atoms with E-state index in [2.05, 4.69) is 29.2 Å². The van der Waals surface area contributed by atoms with Crippen LogP contribution in [0.3, 0.4) is 0 Å². The van der Waals surface area contributed by atoms with Crippen molar-refractivity contribution in [2.75, 3.05) is 19.0 Å². The van der Waals surface area contributed by atoms with E-state index in [1.54, 1.807) is 0 Å². The van der Waals surface area contributed by atoms with Crippen molar-refractivity contribution in [3.63, 3.8) is 0 Å². The van der Waals surface area contributed by atoms with Crippen LogP contribution in [0.4, 0.5) is 6.01 Å². The minimum Gasteiger partial charge on any atom is -0.423 e. The summed E-state index contributed by atoms with van der Waals surface area (Å²) in [5.41, 5.74) is 3.28. The zero-order chi connectivity index (χ0) is 13.0. The second-order valence-electron chi connectivity index (χ2n) is 5.56. The minimum absolute atomic E-state index is 0.661. The molecule has 3 nitrogen and oxygen atoms in total. The molecule has 1 aromatic heterocycles. The number of hydrogen-bond donors (Lipinski definition) is 0. The summed E-state index contributed by atoms with van der Waals surface area (Å²) in [6, 6.07) is 11.6. The summed E-state index contributed by atoms with van der Waals surface area (Å²) in [7, 11) is 3.89. The molecule has 0 bridgehead atoms. The monoisotopic (exact) mass is 252 g/mol. The van der Waals surface area contributed by atoms with Gasteiger partial charge in [-0.1, -0.05) is 24.3 Å². The van der Waals surface area contributed by atoms with Crippen LogP contribution >= 0.6 is 0 Å². The summed E-state index contributed by atoms with van der Waals surface area (Å²) in [4.78, 5) is 6.38. The van der Waals surface area contributed by atoms with E-state index in [-0.39, 0.29) is 0 Å². The first-order valence-electron chi connectivity index (χ1n) is 6.73. The van der Waals surface area contributed by atoms with E-state index >= 15 is 0 Å². The van der Waals surface area contributed by atoms with Crippen molar-refractivity contribution < 1.29 is 4.42 Å². The molecular formula is C16H16N2O. The van der Waals surface area contributed by atoms with Crippen molar-refractivity contribution in [1.82, 2.24) is 4.98 Å². The third-order valence-electron chi connectivity index (χ3n) is 3.81. The highest BCUT2D eigenvalue weighted by Gasteiger charge is 2.23. The minimum atomic E-state index is 0.661. The summed E-state index contributed by atoms with van der Waals surface area (Å²) in [5, 5.41) is 2.40. The molecule has 1 aliphatic carbocycles. The quantitative estimate of drug-likeness (QED) is 0.692. The second-order valence-corrected chi connectivity index (χ2v) is 5.56. The molecular weight excluding hydrogens is 236 g/mol. The third-order valence-corrected chi connectivity index (χ3v) is 3.81. The van der Waals surface area contributed by atoms with Gasteiger partial charge in [0.05, 0.1) is 0 Å². The van der Waals surface area contributed by atoms with Gasteiger partial charge in [-0.3, -0.25) is 0 Å². The Kier molecular flexibility index (Phi) is 2.13. The van der Waals surface area contributed by atoms with Crippen LogP contribution in [0.15, 0.2) is 34.7 Å². The largest absolute Gasteiger partial charge is 0.423 e. The van der Waals surface area contributed by atoms with Gasteiger partial charge >= 0.3 is 0 Å². The lowest BCUT2D eigenvalue weighted by atomic mass is 10.0. The fraction of sp³-hybridized carbons (Fsp3) is 0.312. The predicted octanol–water partition coefficient (Wildman–Crippen LogP) is 3.92. The van der Waals surface area contributed by atoms with Gasteiger partial charge < -0.3 is 9.32 Å². The van der Waals surface area contributed by atoms with Crippen LogP contribution in [-0.4, -0.2) is 19.1 Å². The molecule has 0 N–H and O–H groups in total. The molecule has 3 heteroatoms. The van der Waals surface area contributed by atoms with Crippen molar-refractivity contribution in [3.05, 3.63) is 35.9 Å². The molecule has 1 aliphatic rings. The lowest BCUT2D eigenvalue weighted by Crippen LogP contribution is -2.08. The molecule has 0 amide bonds. The van der Waals surface area contributed by atoms with Gasteiger partial charge in [-0.2, -0.15) is 4.98 Å². The summed E-state index contributed by atoms with van der Waals surface area (Å²) >= 11 is 0. The van der Waals surface area contributed by atoms with Crippen molar-refractivity contribution in [1.29, 1.82) is 0 Å². The van der Waals surface area contributed by atoms with Crippen LogP contribution in [0.2, 0.25) is 0 Å². The Bertz CT molecular complexity index is 769. The van der Waals surface area contributed by atoms with Crippen LogP contribution in [0.1, 0.15) is 24.3 Å². The van der Waals surface area contributed by atoms with Gasteiger partial charge in [0, 0.05) is 19.5 Å². The molecule has 19 heavy (non-hydrogen) atoms. The van der Waals surface area contributed by atoms with Crippen LogP contribution in [0.25, 0.3) is 21.9 Å². The summed E-state index contributed by atoms with van der Waals surface area (Å²) in [5.74, 6) is 0.784. The summed E-state index contributed by atoms with van der Waals surface area (Å²) in [6.45, 7) is 0. The summed E-state index contributed by atoms with van der Waals surface area (Å²) < 4.78 is 5.87. The van der Waals surface area contributed by atoms with Gasteiger partial charge in [0.1, 0.15) is 5.52 Å². The number of hydrogen-bond acceptors (Lipinski definition) is 3. The molecule has 96 valence electrons. The highest BCUT2D eigenvalue weighted by molar-refractivity contribution is 6.03. The van der Waals surface area contributed by atoms with Crippen molar-refractivity contribution >= 4 is 27.9 Å². The van der Waals surface area contributed by atoms with E-state index in [4.69, 9.17) is 4.42 Å². The maximum atomic E-state index is 5.87. The van der Waals surface area contributed by atoms with Gasteiger partial charge in [0.25, 0.3) is 6.01 Å². The lowest BCUT2D eigenvalue weighted by Gasteiger charge is -2.04. The molecule has 0 spiro atoms. The first-order valence-corrected chi connectivity index (χ1v) is 6.73. The lowest BCUT2D eigenvalue weighted by molar-refractivity contribution is 0.599. The van der Waals surface area contributed by atoms with Gasteiger partial charge in [-0.05, 0) is 35.8 Å². The molecule has 1 fully saturated rings. The Hall–Kier alpha value is -2.03. The number of oxazole rings is 1. The van der Waals surface area contributed by atoms with E-state index in [9.17, 15) is 0 Å². The summed E-state index contributed by atoms with van der Waals surface area (Å²) in [6.07, 6.45) is 2.67. The fourth-order valence-electron chi connectivity index (χ4n) is 2.58. The van der Waals surface area contributed by atoms with E-state index in [1.807, 2.05) is 25.1 Å². The number of rotatable bonds is 2. The Morgan fingerprint density at radius 1 is 1.16 bits per heavy atom.